The fraction of sp³-hybridized carbons (Fsp3) is 0.500. The Morgan fingerprint density at radius 2 is 1.92 bits per heavy atom. The lowest BCUT2D eigenvalue weighted by atomic mass is 9.68. The Labute approximate surface area is 220 Å². The summed E-state index contributed by atoms with van der Waals surface area (Å²) in [6.07, 6.45) is 4.14. The molecule has 38 heavy (non-hydrogen) atoms. The summed E-state index contributed by atoms with van der Waals surface area (Å²) in [6.45, 7) is 7.03. The van der Waals surface area contributed by atoms with Crippen molar-refractivity contribution in [3.05, 3.63) is 59.0 Å². The monoisotopic (exact) mass is 544 g/mol. The number of hydrogen-bond donors (Lipinski definition) is 0. The Morgan fingerprint density at radius 1 is 1.21 bits per heavy atom. The van der Waals surface area contributed by atoms with Gasteiger partial charge in [0.15, 0.2) is 5.69 Å². The molecule has 5 rings (SSSR count). The highest BCUT2D eigenvalue weighted by atomic mass is 32.2. The van der Waals surface area contributed by atoms with E-state index in [0.29, 0.717) is 13.1 Å². The van der Waals surface area contributed by atoms with E-state index in [1.54, 1.807) is 11.0 Å². The minimum absolute atomic E-state index is 0.0603. The van der Waals surface area contributed by atoms with Crippen LogP contribution in [-0.4, -0.2) is 69.5 Å². The van der Waals surface area contributed by atoms with Crippen molar-refractivity contribution in [2.45, 2.75) is 51.5 Å². The summed E-state index contributed by atoms with van der Waals surface area (Å²) in [5.74, 6) is -1.71. The number of rotatable bonds is 8. The molecule has 1 aromatic carbocycles. The van der Waals surface area contributed by atoms with Crippen molar-refractivity contribution in [2.24, 2.45) is 5.41 Å². The lowest BCUT2D eigenvalue weighted by molar-refractivity contribution is 0.0646. The second-order valence-corrected chi connectivity index (χ2v) is 13.1. The van der Waals surface area contributed by atoms with Crippen LogP contribution in [-0.2, 0) is 21.8 Å². The molecular weight excluding hydrogens is 514 g/mol. The fourth-order valence-corrected chi connectivity index (χ4v) is 6.70. The number of carbonyl (C=O) groups is 1. The first-order valence-electron chi connectivity index (χ1n) is 12.6. The molecule has 2 heterocycles. The molecule has 0 radical (unpaired) electrons. The van der Waals surface area contributed by atoms with Gasteiger partial charge in [-0.25, -0.2) is 17.2 Å². The van der Waals surface area contributed by atoms with Gasteiger partial charge in [0, 0.05) is 24.8 Å². The summed E-state index contributed by atoms with van der Waals surface area (Å²) in [4.78, 5) is 16.4. The molecule has 0 saturated heterocycles. The predicted octanol–water partition coefficient (Wildman–Crippen LogP) is 3.38. The highest BCUT2D eigenvalue weighted by molar-refractivity contribution is 7.90. The third-order valence-corrected chi connectivity index (χ3v) is 9.31. The molecule has 3 aromatic rings. The molecule has 2 bridgehead atoms. The summed E-state index contributed by atoms with van der Waals surface area (Å²) in [7, 11) is -3.19. The van der Waals surface area contributed by atoms with Gasteiger partial charge in [-0.05, 0) is 54.9 Å². The number of amides is 1. The number of likely N-dealkylation sites (N-methyl/N-ethyl adjacent to an activating group) is 1. The van der Waals surface area contributed by atoms with Crippen LogP contribution in [0.4, 0.5) is 8.78 Å². The van der Waals surface area contributed by atoms with Gasteiger partial charge in [-0.3, -0.25) is 4.79 Å². The molecule has 1 saturated carbocycles. The van der Waals surface area contributed by atoms with E-state index < -0.39 is 26.9 Å². The smallest absolute Gasteiger partial charge is 0.276 e. The van der Waals surface area contributed by atoms with Gasteiger partial charge in [0.05, 0.1) is 35.4 Å². The van der Waals surface area contributed by atoms with Gasteiger partial charge in [0.2, 0.25) is 0 Å². The molecule has 202 valence electrons. The number of fused-ring (bicyclic) bond motifs is 5. The van der Waals surface area contributed by atoms with Crippen LogP contribution >= 0.6 is 0 Å². The van der Waals surface area contributed by atoms with Crippen LogP contribution in [0.5, 0.6) is 0 Å². The van der Waals surface area contributed by atoms with E-state index >= 15 is 0 Å². The zero-order chi connectivity index (χ0) is 27.5. The van der Waals surface area contributed by atoms with Crippen molar-refractivity contribution in [3.8, 4) is 11.3 Å². The topological polar surface area (TPSA) is 111 Å². The van der Waals surface area contributed by atoms with Crippen LogP contribution in [0.2, 0.25) is 0 Å². The summed E-state index contributed by atoms with van der Waals surface area (Å²) in [6, 6.07) is 5.47. The molecule has 0 spiro atoms. The Morgan fingerprint density at radius 3 is 2.58 bits per heavy atom. The van der Waals surface area contributed by atoms with Gasteiger partial charge in [-0.15, -0.1) is 5.10 Å². The number of aryl methyl sites for hydroxylation is 1. The van der Waals surface area contributed by atoms with E-state index in [4.69, 9.17) is 0 Å². The van der Waals surface area contributed by atoms with Crippen molar-refractivity contribution in [1.29, 1.82) is 0 Å². The first kappa shape index (κ1) is 26.3. The van der Waals surface area contributed by atoms with Gasteiger partial charge in [-0.1, -0.05) is 19.9 Å². The molecule has 2 aromatic heterocycles. The van der Waals surface area contributed by atoms with Crippen LogP contribution in [0.15, 0.2) is 30.5 Å². The van der Waals surface area contributed by atoms with Crippen molar-refractivity contribution >= 4 is 15.7 Å². The third-order valence-electron chi connectivity index (χ3n) is 8.38. The summed E-state index contributed by atoms with van der Waals surface area (Å²) < 4.78 is 51.9. The first-order valence-corrected chi connectivity index (χ1v) is 14.6. The van der Waals surface area contributed by atoms with Gasteiger partial charge in [-0.2, -0.15) is 20.1 Å². The number of hydrogen-bond acceptors (Lipinski definition) is 7. The number of aromatic nitrogens is 5. The fourth-order valence-electron chi connectivity index (χ4n) is 6.21. The summed E-state index contributed by atoms with van der Waals surface area (Å²) in [5.41, 5.74) is 1.01. The Balaban J connectivity index is 1.46. The van der Waals surface area contributed by atoms with Crippen molar-refractivity contribution in [3.63, 3.8) is 0 Å². The highest BCUT2D eigenvalue weighted by Crippen LogP contribution is 2.67. The molecule has 2 aliphatic rings. The maximum absolute atomic E-state index is 14.5. The van der Waals surface area contributed by atoms with Crippen LogP contribution < -0.4 is 0 Å². The average Bonchev–Trinajstić information content (AvgIpc) is 3.48. The Kier molecular flexibility index (Phi) is 6.36. The summed E-state index contributed by atoms with van der Waals surface area (Å²) in [5, 5.41) is 17.0. The molecule has 0 unspecified atom stereocenters. The second-order valence-electron chi connectivity index (χ2n) is 10.8. The quantitative estimate of drug-likeness (QED) is 0.428. The van der Waals surface area contributed by atoms with Crippen molar-refractivity contribution < 1.29 is 22.0 Å². The van der Waals surface area contributed by atoms with Gasteiger partial charge in [0.25, 0.3) is 5.91 Å². The largest absolute Gasteiger partial charge is 0.337 e. The van der Waals surface area contributed by atoms with Gasteiger partial charge < -0.3 is 4.90 Å². The first-order chi connectivity index (χ1) is 17.9. The van der Waals surface area contributed by atoms with Crippen LogP contribution in [0.25, 0.3) is 11.3 Å². The normalized spacial score (nSPS) is 21.5. The van der Waals surface area contributed by atoms with Crippen molar-refractivity contribution in [1.82, 2.24) is 30.1 Å². The third kappa shape index (κ3) is 4.18. The molecule has 0 aliphatic heterocycles. The number of halogens is 2. The molecule has 1 amide bonds. The average molecular weight is 545 g/mol. The molecule has 1 fully saturated rings. The minimum atomic E-state index is -3.19. The van der Waals surface area contributed by atoms with Gasteiger partial charge >= 0.3 is 0 Å². The number of carbonyl (C=O) groups excluding carboxylic acids is 1. The molecule has 2 aliphatic carbocycles. The van der Waals surface area contributed by atoms with Crippen LogP contribution in [0.3, 0.4) is 0 Å². The van der Waals surface area contributed by atoms with Crippen molar-refractivity contribution in [2.75, 3.05) is 25.1 Å². The standard InChI is InChI=1S/C26H30F2N6O3S/c1-5-33(24(35)21-14-29-34(32-21)11-12-38(4,36)37)15-26-10-9-17(25(26,2)3)16-13-20(30-31-23(16)26)22-18(27)7-6-8-19(22)28/h6-8,13-14,17H,5,9-12,15H2,1-4H3/t17-,26-/m0/s1. The van der Waals surface area contributed by atoms with E-state index in [0.717, 1.165) is 30.4 Å². The van der Waals surface area contributed by atoms with Crippen LogP contribution in [0, 0.1) is 17.0 Å². The molecule has 12 heteroatoms. The zero-order valence-corrected chi connectivity index (χ0v) is 22.6. The van der Waals surface area contributed by atoms with E-state index in [-0.39, 0.29) is 46.5 Å². The van der Waals surface area contributed by atoms with E-state index in [1.807, 2.05) is 6.92 Å². The lowest BCUT2D eigenvalue weighted by Gasteiger charge is -2.41. The molecule has 9 nitrogen and oxygen atoms in total. The van der Waals surface area contributed by atoms with E-state index in [2.05, 4.69) is 34.2 Å². The summed E-state index contributed by atoms with van der Waals surface area (Å²) >= 11 is 0. The number of nitrogens with zero attached hydrogens (tertiary/aromatic N) is 6. The van der Waals surface area contributed by atoms with E-state index in [1.165, 1.54) is 29.2 Å². The maximum Gasteiger partial charge on any atom is 0.276 e. The molecule has 0 N–H and O–H groups in total. The maximum atomic E-state index is 14.5. The highest BCUT2D eigenvalue weighted by Gasteiger charge is 2.64. The zero-order valence-electron chi connectivity index (χ0n) is 21.8. The SMILES string of the molecule is CCN(C[C@@]12CC[C@@H](c3cc(-c4c(F)cccc4F)nnc31)C2(C)C)C(=O)c1cnn(CCS(C)(=O)=O)n1. The minimum Gasteiger partial charge on any atom is -0.337 e. The lowest BCUT2D eigenvalue weighted by Crippen LogP contribution is -2.48. The van der Waals surface area contributed by atoms with Crippen LogP contribution in [0.1, 0.15) is 61.3 Å². The molecule has 2 atom stereocenters. The molecular formula is C26H30F2N6O3S. The number of sulfone groups is 1. The predicted molar refractivity (Wildman–Crippen MR) is 136 cm³/mol. The Bertz CT molecular complexity index is 1500. The Hall–Kier alpha value is -3.28. The van der Waals surface area contributed by atoms with Gasteiger partial charge in [0.1, 0.15) is 21.5 Å². The van der Waals surface area contributed by atoms with E-state index in [9.17, 15) is 22.0 Å². The second kappa shape index (κ2) is 9.18. The number of benzene rings is 1.